The Balaban J connectivity index is 1.45. The van der Waals surface area contributed by atoms with Gasteiger partial charge in [-0.2, -0.15) is 0 Å². The van der Waals surface area contributed by atoms with Crippen LogP contribution < -0.4 is 0 Å². The summed E-state index contributed by atoms with van der Waals surface area (Å²) in [4.78, 5) is 0. The van der Waals surface area contributed by atoms with E-state index >= 15 is 0 Å². The maximum absolute atomic E-state index is 6.33. The minimum absolute atomic E-state index is 0.822. The monoisotopic (exact) mass is 487 g/mol. The van der Waals surface area contributed by atoms with E-state index in [2.05, 4.69) is 101 Å². The lowest BCUT2D eigenvalue weighted by Gasteiger charge is -2.03. The summed E-state index contributed by atoms with van der Waals surface area (Å²) in [5.41, 5.74) is 8.27. The standard InChI is InChI=1S/C30H16BrO2/c31-26-11-5-10-23-22-9-4-8-21(29(22)33-30(23)26)20-13-15-28-25(17-20)24-16-19(12-14-27(24)32-28)18-6-2-1-3-7-18/h1-10,12-17H/q+1. The van der Waals surface area contributed by atoms with Gasteiger partial charge in [-0.05, 0) is 63.0 Å². The zero-order chi connectivity index (χ0) is 21.9. The molecule has 0 radical (unpaired) electrons. The van der Waals surface area contributed by atoms with Gasteiger partial charge in [-0.3, -0.25) is 0 Å². The molecule has 1 aliphatic rings. The second-order valence-electron chi connectivity index (χ2n) is 8.21. The van der Waals surface area contributed by atoms with Crippen molar-refractivity contribution in [1.82, 2.24) is 0 Å². The second kappa shape index (κ2) is 7.05. The summed E-state index contributed by atoms with van der Waals surface area (Å²) in [7, 11) is 0. The molecule has 0 fully saturated rings. The van der Waals surface area contributed by atoms with E-state index in [0.29, 0.717) is 0 Å². The van der Waals surface area contributed by atoms with Crippen molar-refractivity contribution in [1.29, 1.82) is 0 Å². The summed E-state index contributed by atoms with van der Waals surface area (Å²) >= 11 is 3.57. The van der Waals surface area contributed by atoms with Gasteiger partial charge in [0.05, 0.1) is 17.5 Å². The lowest BCUT2D eigenvalue weighted by Crippen LogP contribution is -1.82. The van der Waals surface area contributed by atoms with Gasteiger partial charge in [0.2, 0.25) is 4.48 Å². The van der Waals surface area contributed by atoms with Crippen molar-refractivity contribution in [2.45, 2.75) is 0 Å². The molecule has 154 valence electrons. The fraction of sp³-hybridized carbons (Fsp3) is 0. The van der Waals surface area contributed by atoms with E-state index < -0.39 is 0 Å². The Bertz CT molecular complexity index is 1760. The van der Waals surface area contributed by atoms with Gasteiger partial charge in [0.1, 0.15) is 22.8 Å². The first-order chi connectivity index (χ1) is 16.3. The summed E-state index contributed by atoms with van der Waals surface area (Å²) in [6.07, 6.45) is 7.13. The Hall–Kier alpha value is -3.91. The van der Waals surface area contributed by atoms with Crippen LogP contribution in [0.25, 0.3) is 65.7 Å². The summed E-state index contributed by atoms with van der Waals surface area (Å²) in [6.45, 7) is 0. The summed E-state index contributed by atoms with van der Waals surface area (Å²) in [5.74, 6) is 0.822. The molecule has 2 aromatic heterocycles. The van der Waals surface area contributed by atoms with Gasteiger partial charge in [-0.1, -0.05) is 54.6 Å². The number of hydrogen-bond acceptors (Lipinski definition) is 2. The van der Waals surface area contributed by atoms with Crippen LogP contribution in [-0.4, -0.2) is 0 Å². The zero-order valence-electron chi connectivity index (χ0n) is 17.4. The molecule has 1 aliphatic carbocycles. The summed E-state index contributed by atoms with van der Waals surface area (Å²) in [5, 5.41) is 3.31. The van der Waals surface area contributed by atoms with Crippen LogP contribution in [0, 0.1) is 6.08 Å². The van der Waals surface area contributed by atoms with Crippen LogP contribution in [0.1, 0.15) is 11.3 Å². The Morgan fingerprint density at radius 1 is 0.636 bits per heavy atom. The quantitative estimate of drug-likeness (QED) is 0.227. The molecule has 0 spiro atoms. The van der Waals surface area contributed by atoms with Crippen molar-refractivity contribution < 1.29 is 8.83 Å². The third-order valence-corrected chi connectivity index (χ3v) is 6.89. The highest BCUT2D eigenvalue weighted by molar-refractivity contribution is 9.15. The molecule has 0 unspecified atom stereocenters. The maximum Gasteiger partial charge on any atom is 0.264 e. The number of para-hydroxylation sites is 1. The van der Waals surface area contributed by atoms with Crippen LogP contribution in [0.2, 0.25) is 0 Å². The van der Waals surface area contributed by atoms with Gasteiger partial charge in [0, 0.05) is 16.3 Å². The average Bonchev–Trinajstić information content (AvgIpc) is 3.43. The number of benzene rings is 4. The fourth-order valence-corrected chi connectivity index (χ4v) is 5.14. The van der Waals surface area contributed by atoms with Crippen LogP contribution in [0.5, 0.6) is 0 Å². The number of furan rings is 2. The van der Waals surface area contributed by atoms with Crippen molar-refractivity contribution in [2.24, 2.45) is 0 Å². The number of halogens is 1. The maximum atomic E-state index is 6.33. The lowest BCUT2D eigenvalue weighted by molar-refractivity contribution is 0.603. The molecule has 0 bridgehead atoms. The predicted octanol–water partition coefficient (Wildman–Crippen LogP) is 9.23. The van der Waals surface area contributed by atoms with E-state index in [0.717, 1.165) is 59.8 Å². The highest BCUT2D eigenvalue weighted by atomic mass is 79.9. The second-order valence-corrected chi connectivity index (χ2v) is 9.00. The molecule has 0 saturated heterocycles. The van der Waals surface area contributed by atoms with E-state index in [1.807, 2.05) is 18.2 Å². The van der Waals surface area contributed by atoms with E-state index in [9.17, 15) is 0 Å². The van der Waals surface area contributed by atoms with Gasteiger partial charge >= 0.3 is 0 Å². The molecule has 4 aromatic carbocycles. The molecular weight excluding hydrogens is 472 g/mol. The molecule has 0 aliphatic heterocycles. The number of hydrogen-bond donors (Lipinski definition) is 0. The fourth-order valence-electron chi connectivity index (χ4n) is 4.71. The summed E-state index contributed by atoms with van der Waals surface area (Å²) < 4.78 is 13.3. The van der Waals surface area contributed by atoms with Crippen molar-refractivity contribution in [2.75, 3.05) is 0 Å². The summed E-state index contributed by atoms with van der Waals surface area (Å²) in [6, 6.07) is 29.5. The molecule has 6 aromatic rings. The van der Waals surface area contributed by atoms with Crippen LogP contribution in [-0.2, 0) is 0 Å². The molecule has 2 nitrogen and oxygen atoms in total. The molecule has 0 atom stereocenters. The number of rotatable bonds is 2. The normalized spacial score (nSPS) is 12.8. The zero-order valence-corrected chi connectivity index (χ0v) is 19.0. The van der Waals surface area contributed by atoms with Gasteiger partial charge in [-0.25, -0.2) is 0 Å². The van der Waals surface area contributed by atoms with E-state index in [4.69, 9.17) is 8.83 Å². The average molecular weight is 488 g/mol. The predicted molar refractivity (Wildman–Crippen MR) is 139 cm³/mol. The SMILES string of the molecule is BrC1=[C+]C=Cc2c1oc1c(-c3ccc4oc5ccc(-c6ccccc6)cc5c4c3)cccc21. The van der Waals surface area contributed by atoms with Crippen molar-refractivity contribution >= 4 is 59.4 Å². The largest absolute Gasteiger partial charge is 0.456 e. The van der Waals surface area contributed by atoms with Crippen molar-refractivity contribution in [3.63, 3.8) is 0 Å². The molecule has 0 saturated carbocycles. The number of fused-ring (bicyclic) bond motifs is 6. The van der Waals surface area contributed by atoms with Crippen molar-refractivity contribution in [3.05, 3.63) is 108 Å². The van der Waals surface area contributed by atoms with E-state index in [1.54, 1.807) is 0 Å². The van der Waals surface area contributed by atoms with Gasteiger partial charge in [-0.15, -0.1) is 0 Å². The van der Waals surface area contributed by atoms with E-state index in [-0.39, 0.29) is 0 Å². The van der Waals surface area contributed by atoms with E-state index in [1.165, 1.54) is 11.1 Å². The van der Waals surface area contributed by atoms with Gasteiger partial charge < -0.3 is 8.83 Å². The number of allylic oxidation sites excluding steroid dienone is 2. The molecule has 3 heteroatoms. The highest BCUT2D eigenvalue weighted by Gasteiger charge is 2.27. The van der Waals surface area contributed by atoms with Crippen LogP contribution in [0.15, 0.2) is 99.8 Å². The lowest BCUT2D eigenvalue weighted by atomic mass is 9.98. The first-order valence-electron chi connectivity index (χ1n) is 10.8. The molecule has 7 rings (SSSR count). The molecular formula is C30H16BrO2+. The molecule has 0 amide bonds. The van der Waals surface area contributed by atoms with Crippen LogP contribution in [0.3, 0.4) is 0 Å². The molecule has 2 heterocycles. The third-order valence-electron chi connectivity index (χ3n) is 6.30. The Labute approximate surface area is 198 Å². The first-order valence-corrected chi connectivity index (χ1v) is 11.6. The van der Waals surface area contributed by atoms with Crippen LogP contribution >= 0.6 is 15.9 Å². The van der Waals surface area contributed by atoms with Gasteiger partial charge in [0.25, 0.3) is 5.76 Å². The minimum atomic E-state index is 0.822. The third kappa shape index (κ3) is 2.84. The topological polar surface area (TPSA) is 26.3 Å². The Morgan fingerprint density at radius 2 is 1.39 bits per heavy atom. The molecule has 0 N–H and O–H groups in total. The van der Waals surface area contributed by atoms with Gasteiger partial charge in [0.15, 0.2) is 5.58 Å². The minimum Gasteiger partial charge on any atom is -0.456 e. The van der Waals surface area contributed by atoms with Crippen molar-refractivity contribution in [3.8, 4) is 22.3 Å². The smallest absolute Gasteiger partial charge is 0.264 e. The Morgan fingerprint density at radius 3 is 2.21 bits per heavy atom. The highest BCUT2D eigenvalue weighted by Crippen LogP contribution is 2.42. The Kier molecular flexibility index (Phi) is 3.98. The molecule has 33 heavy (non-hydrogen) atoms. The first kappa shape index (κ1) is 18.6. The van der Waals surface area contributed by atoms with Crippen LogP contribution in [0.4, 0.5) is 0 Å².